The summed E-state index contributed by atoms with van der Waals surface area (Å²) in [7, 11) is 5.90. The number of halogens is 1. The Kier molecular flexibility index (Phi) is 13.1. The van der Waals surface area contributed by atoms with Crippen molar-refractivity contribution >= 4 is 11.9 Å². The number of aliphatic carboxylic acids is 1. The Morgan fingerprint density at radius 2 is 1.79 bits per heavy atom. The maximum atomic E-state index is 11.7. The zero-order valence-corrected chi connectivity index (χ0v) is 15.0. The molecule has 0 heterocycles. The van der Waals surface area contributed by atoms with E-state index in [1.54, 1.807) is 0 Å². The van der Waals surface area contributed by atoms with Crippen LogP contribution in [0.15, 0.2) is 24.3 Å². The number of carbonyl (C=O) groups excluding carboxylic acids is 2. The van der Waals surface area contributed by atoms with Gasteiger partial charge < -0.3 is 32.1 Å². The molecular formula is C12H20ClN2NaO3. The molecule has 0 rings (SSSR count). The van der Waals surface area contributed by atoms with Crippen molar-refractivity contribution in [2.75, 3.05) is 21.1 Å². The molecule has 1 amide bonds. The van der Waals surface area contributed by atoms with Crippen LogP contribution in [-0.4, -0.2) is 43.7 Å². The van der Waals surface area contributed by atoms with Gasteiger partial charge in [0.15, 0.2) is 6.17 Å². The summed E-state index contributed by atoms with van der Waals surface area (Å²) < 4.78 is 0.583. The van der Waals surface area contributed by atoms with Crippen molar-refractivity contribution in [1.29, 1.82) is 0 Å². The Hall–Kier alpha value is -0.330. The van der Waals surface area contributed by atoms with Crippen LogP contribution in [0.1, 0.15) is 13.3 Å². The largest absolute Gasteiger partial charge is 1.00 e. The first-order chi connectivity index (χ1) is 7.68. The van der Waals surface area contributed by atoms with Crippen LogP contribution < -0.4 is 52.4 Å². The molecule has 104 valence electrons. The van der Waals surface area contributed by atoms with Crippen LogP contribution in [0.25, 0.3) is 0 Å². The van der Waals surface area contributed by atoms with Gasteiger partial charge in [-0.3, -0.25) is 4.79 Å². The van der Waals surface area contributed by atoms with Gasteiger partial charge in [0.2, 0.25) is 0 Å². The molecule has 0 radical (unpaired) electrons. The normalized spacial score (nSPS) is 12.0. The number of rotatable bonds is 6. The molecule has 0 bridgehead atoms. The van der Waals surface area contributed by atoms with E-state index in [2.05, 4.69) is 11.9 Å². The Balaban J connectivity index is -0.00000128. The Bertz CT molecular complexity index is 351. The van der Waals surface area contributed by atoms with Crippen molar-refractivity contribution in [3.8, 4) is 0 Å². The number of carboxylic acids is 1. The fourth-order valence-corrected chi connectivity index (χ4v) is 1.33. The first-order valence-corrected chi connectivity index (χ1v) is 5.38. The van der Waals surface area contributed by atoms with Crippen LogP contribution >= 0.6 is 0 Å². The molecule has 7 heteroatoms. The maximum Gasteiger partial charge on any atom is 1.00 e. The molecule has 1 N–H and O–H groups in total. The van der Waals surface area contributed by atoms with Gasteiger partial charge in [-0.2, -0.15) is 0 Å². The molecule has 0 aromatic heterocycles. The number of hydrogen-bond donors (Lipinski definition) is 1. The van der Waals surface area contributed by atoms with Crippen molar-refractivity contribution in [3.05, 3.63) is 24.3 Å². The van der Waals surface area contributed by atoms with Gasteiger partial charge in [-0.05, 0) is 12.2 Å². The van der Waals surface area contributed by atoms with Gasteiger partial charge in [0.1, 0.15) is 0 Å². The van der Waals surface area contributed by atoms with Crippen molar-refractivity contribution in [2.45, 2.75) is 19.5 Å². The molecule has 0 saturated heterocycles. The van der Waals surface area contributed by atoms with E-state index < -0.39 is 5.97 Å². The van der Waals surface area contributed by atoms with Gasteiger partial charge >= 0.3 is 29.6 Å². The minimum absolute atomic E-state index is 0. The Labute approximate surface area is 143 Å². The average molecular weight is 299 g/mol. The number of nitrogens with one attached hydrogen (secondary N) is 1. The molecule has 0 aliphatic heterocycles. The molecule has 0 aliphatic carbocycles. The molecule has 19 heavy (non-hydrogen) atoms. The summed E-state index contributed by atoms with van der Waals surface area (Å²) in [5.74, 6) is -1.72. The Morgan fingerprint density at radius 1 is 1.32 bits per heavy atom. The monoisotopic (exact) mass is 298 g/mol. The van der Waals surface area contributed by atoms with Crippen molar-refractivity contribution in [1.82, 2.24) is 5.32 Å². The predicted octanol–water partition coefficient (Wildman–Crippen LogP) is -6.58. The second kappa shape index (κ2) is 10.5. The van der Waals surface area contributed by atoms with E-state index in [-0.39, 0.29) is 59.6 Å². The van der Waals surface area contributed by atoms with Crippen LogP contribution in [0.2, 0.25) is 0 Å². The number of nitrogens with zero attached hydrogens (tertiary/aromatic N) is 1. The zero-order valence-electron chi connectivity index (χ0n) is 12.2. The van der Waals surface area contributed by atoms with Gasteiger partial charge in [-0.25, -0.2) is 0 Å². The van der Waals surface area contributed by atoms with E-state index >= 15 is 0 Å². The molecule has 0 fully saturated rings. The molecule has 0 aliphatic rings. The van der Waals surface area contributed by atoms with Gasteiger partial charge in [0, 0.05) is 12.0 Å². The van der Waals surface area contributed by atoms with Gasteiger partial charge in [0.25, 0.3) is 5.91 Å². The van der Waals surface area contributed by atoms with Crippen LogP contribution in [-0.2, 0) is 9.59 Å². The number of carboxylic acid groups (broad SMARTS) is 1. The summed E-state index contributed by atoms with van der Waals surface area (Å²) in [5, 5.41) is 13.0. The fraction of sp³-hybridized carbons (Fsp3) is 0.500. The smallest absolute Gasteiger partial charge is 1.00 e. The van der Waals surface area contributed by atoms with Gasteiger partial charge in [-0.15, -0.1) is 0 Å². The van der Waals surface area contributed by atoms with Crippen LogP contribution in [0.4, 0.5) is 0 Å². The number of quaternary nitrogens is 1. The minimum atomic E-state index is -1.35. The zero-order chi connectivity index (χ0) is 13.6. The molecule has 0 saturated carbocycles. The maximum absolute atomic E-state index is 11.7. The van der Waals surface area contributed by atoms with Crippen LogP contribution in [0.3, 0.4) is 0 Å². The quantitative estimate of drug-likeness (QED) is 0.174. The predicted molar refractivity (Wildman–Crippen MR) is 63.5 cm³/mol. The standard InChI is InChI=1S/C12H20N2O3.ClH.Na/c1-6-10(14(3,4)5)13-12(17)9(2)7-8-11(15)16;;/h7-8,10H,2,6H2,1,3-5H3,(H-,13,15,16,17);1H;/q;;+1/p-1. The first kappa shape index (κ1) is 23.7. The van der Waals surface area contributed by atoms with Crippen LogP contribution in [0, 0.1) is 0 Å². The van der Waals surface area contributed by atoms with E-state index in [0.29, 0.717) is 4.48 Å². The van der Waals surface area contributed by atoms with Gasteiger partial charge in [0.05, 0.1) is 27.1 Å². The summed E-state index contributed by atoms with van der Waals surface area (Å²) in [6.07, 6.45) is 2.64. The van der Waals surface area contributed by atoms with Gasteiger partial charge in [-0.1, -0.05) is 13.5 Å². The average Bonchev–Trinajstić information content (AvgIpc) is 2.20. The summed E-state index contributed by atoms with van der Waals surface area (Å²) in [4.78, 5) is 21.9. The SMILES string of the molecule is C=C(C=CC(=O)[O-])C(=O)NC(CC)[N+](C)(C)C.[Cl-].[Na+]. The minimum Gasteiger partial charge on any atom is -1.00 e. The second-order valence-electron chi connectivity index (χ2n) is 4.69. The number of carbonyl (C=O) groups is 2. The third-order valence-electron chi connectivity index (χ3n) is 2.33. The molecule has 0 aromatic rings. The molecule has 0 spiro atoms. The molecule has 0 aromatic carbocycles. The van der Waals surface area contributed by atoms with Crippen molar-refractivity contribution in [3.63, 3.8) is 0 Å². The van der Waals surface area contributed by atoms with E-state index in [9.17, 15) is 14.7 Å². The number of hydrogen-bond acceptors (Lipinski definition) is 3. The summed E-state index contributed by atoms with van der Waals surface area (Å²) in [6, 6.07) is 0. The van der Waals surface area contributed by atoms with Crippen molar-refractivity contribution in [2.24, 2.45) is 0 Å². The third kappa shape index (κ3) is 10.2. The third-order valence-corrected chi connectivity index (χ3v) is 2.33. The van der Waals surface area contributed by atoms with Crippen LogP contribution in [0.5, 0.6) is 0 Å². The first-order valence-electron chi connectivity index (χ1n) is 5.38. The molecule has 1 atom stereocenters. The summed E-state index contributed by atoms with van der Waals surface area (Å²) in [6.45, 7) is 5.47. The van der Waals surface area contributed by atoms with E-state index in [1.807, 2.05) is 28.1 Å². The molecular weight excluding hydrogens is 279 g/mol. The Morgan fingerprint density at radius 3 is 2.11 bits per heavy atom. The van der Waals surface area contributed by atoms with E-state index in [0.717, 1.165) is 18.6 Å². The van der Waals surface area contributed by atoms with E-state index in [4.69, 9.17) is 0 Å². The molecule has 1 unspecified atom stereocenters. The topological polar surface area (TPSA) is 69.2 Å². The summed E-state index contributed by atoms with van der Waals surface area (Å²) in [5.41, 5.74) is 0.0982. The molecule has 5 nitrogen and oxygen atoms in total. The fourth-order valence-electron chi connectivity index (χ4n) is 1.33. The number of amides is 1. The summed E-state index contributed by atoms with van der Waals surface area (Å²) >= 11 is 0. The van der Waals surface area contributed by atoms with E-state index in [1.165, 1.54) is 0 Å². The second-order valence-corrected chi connectivity index (χ2v) is 4.69. The van der Waals surface area contributed by atoms with Crippen molar-refractivity contribution < 1.29 is 61.1 Å².